The van der Waals surface area contributed by atoms with E-state index in [-0.39, 0.29) is 17.7 Å². The highest BCUT2D eigenvalue weighted by molar-refractivity contribution is 8.18. The molecule has 0 unspecified atom stereocenters. The molecule has 1 aromatic heterocycles. The van der Waals surface area contributed by atoms with Gasteiger partial charge < -0.3 is 0 Å². The summed E-state index contributed by atoms with van der Waals surface area (Å²) in [5.74, 6) is -0.267. The van der Waals surface area contributed by atoms with Crippen molar-refractivity contribution in [1.82, 2.24) is 9.88 Å². The maximum absolute atomic E-state index is 13.3. The second kappa shape index (κ2) is 8.85. The van der Waals surface area contributed by atoms with Gasteiger partial charge in [0.15, 0.2) is 0 Å². The molecule has 5 heteroatoms. The number of hydrogen-bond donors (Lipinski definition) is 0. The fourth-order valence-corrected chi connectivity index (χ4v) is 5.23. The van der Waals surface area contributed by atoms with Crippen molar-refractivity contribution in [2.75, 3.05) is 0 Å². The molecule has 1 saturated heterocycles. The van der Waals surface area contributed by atoms with Crippen LogP contribution >= 0.6 is 11.8 Å². The molecule has 2 amide bonds. The van der Waals surface area contributed by atoms with Crippen molar-refractivity contribution in [3.63, 3.8) is 0 Å². The lowest BCUT2D eigenvalue weighted by Gasteiger charge is -2.13. The largest absolute Gasteiger partial charge is 0.293 e. The van der Waals surface area contributed by atoms with E-state index in [2.05, 4.69) is 12.1 Å². The number of thioether (sulfide) groups is 1. The van der Waals surface area contributed by atoms with E-state index in [0.717, 1.165) is 55.8 Å². The number of rotatable bonds is 4. The second-order valence-corrected chi connectivity index (χ2v) is 9.38. The Labute approximate surface area is 206 Å². The molecule has 4 aromatic carbocycles. The van der Waals surface area contributed by atoms with Crippen LogP contribution in [0.3, 0.4) is 0 Å². The van der Waals surface area contributed by atoms with Crippen molar-refractivity contribution < 1.29 is 9.59 Å². The molecule has 1 fully saturated rings. The molecule has 0 saturated carbocycles. The lowest BCUT2D eigenvalue weighted by molar-refractivity contribution is -0.123. The average molecular weight is 473 g/mol. The Hall–Kier alpha value is -4.22. The molecule has 5 aromatic rings. The molecule has 35 heavy (non-hydrogen) atoms. The number of carbonyl (C=O) groups is 2. The zero-order chi connectivity index (χ0) is 23.8. The van der Waals surface area contributed by atoms with Crippen molar-refractivity contribution in [3.8, 4) is 11.1 Å². The summed E-state index contributed by atoms with van der Waals surface area (Å²) < 4.78 is 0. The topological polar surface area (TPSA) is 50.3 Å². The van der Waals surface area contributed by atoms with Gasteiger partial charge in [-0.25, -0.2) is 4.98 Å². The number of aromatic nitrogens is 1. The monoisotopic (exact) mass is 472 g/mol. The van der Waals surface area contributed by atoms with E-state index in [1.807, 2.05) is 97.1 Å². The normalized spacial score (nSPS) is 15.0. The van der Waals surface area contributed by atoms with Crippen LogP contribution in [0, 0.1) is 0 Å². The number of imide groups is 1. The summed E-state index contributed by atoms with van der Waals surface area (Å²) >= 11 is 0.991. The zero-order valence-electron chi connectivity index (χ0n) is 18.7. The quantitative estimate of drug-likeness (QED) is 0.204. The Morgan fingerprint density at radius 1 is 0.686 bits per heavy atom. The van der Waals surface area contributed by atoms with Crippen LogP contribution in [0.2, 0.25) is 0 Å². The summed E-state index contributed by atoms with van der Waals surface area (Å²) in [5.41, 5.74) is 5.76. The van der Waals surface area contributed by atoms with E-state index < -0.39 is 0 Å². The van der Waals surface area contributed by atoms with Crippen LogP contribution in [0.25, 0.3) is 39.0 Å². The molecule has 0 atom stereocenters. The summed E-state index contributed by atoms with van der Waals surface area (Å²) in [5, 5.41) is 1.65. The van der Waals surface area contributed by atoms with Crippen molar-refractivity contribution in [2.24, 2.45) is 0 Å². The molecular formula is C30H20N2O2S. The molecule has 4 nitrogen and oxygen atoms in total. The van der Waals surface area contributed by atoms with E-state index in [1.54, 1.807) is 0 Å². The molecule has 6 rings (SSSR count). The van der Waals surface area contributed by atoms with Gasteiger partial charge in [-0.3, -0.25) is 14.5 Å². The Kier molecular flexibility index (Phi) is 5.39. The molecule has 0 bridgehead atoms. The summed E-state index contributed by atoms with van der Waals surface area (Å²) in [6.07, 6.45) is 1.84. The molecular weight excluding hydrogens is 452 g/mol. The highest BCUT2D eigenvalue weighted by Gasteiger charge is 2.35. The Morgan fingerprint density at radius 3 is 1.91 bits per heavy atom. The van der Waals surface area contributed by atoms with Crippen molar-refractivity contribution in [1.29, 1.82) is 0 Å². The van der Waals surface area contributed by atoms with Crippen LogP contribution in [-0.2, 0) is 11.3 Å². The van der Waals surface area contributed by atoms with Crippen molar-refractivity contribution in [2.45, 2.75) is 6.54 Å². The lowest BCUT2D eigenvalue weighted by Crippen LogP contribution is -2.27. The molecule has 1 aliphatic rings. The molecule has 0 radical (unpaired) electrons. The first-order valence-electron chi connectivity index (χ1n) is 11.3. The number of amides is 2. The number of carbonyl (C=O) groups excluding carboxylic acids is 2. The first kappa shape index (κ1) is 21.3. The van der Waals surface area contributed by atoms with E-state index in [0.29, 0.717) is 4.91 Å². The number of para-hydroxylation sites is 2. The van der Waals surface area contributed by atoms with Crippen molar-refractivity contribution >= 4 is 50.8 Å². The Balaban J connectivity index is 1.32. The zero-order valence-corrected chi connectivity index (χ0v) is 19.5. The number of benzene rings is 4. The van der Waals surface area contributed by atoms with Crippen LogP contribution in [0.15, 0.2) is 108 Å². The minimum atomic E-state index is -0.267. The third kappa shape index (κ3) is 4.00. The summed E-state index contributed by atoms with van der Waals surface area (Å²) in [6.45, 7) is 0.245. The van der Waals surface area contributed by atoms with Gasteiger partial charge in [0.1, 0.15) is 0 Å². The first-order valence-corrected chi connectivity index (χ1v) is 12.2. The average Bonchev–Trinajstić information content (AvgIpc) is 3.17. The maximum Gasteiger partial charge on any atom is 0.293 e. The summed E-state index contributed by atoms with van der Waals surface area (Å²) in [4.78, 5) is 32.6. The third-order valence-corrected chi connectivity index (χ3v) is 7.09. The number of pyridine rings is 1. The number of nitrogens with zero attached hydrogens (tertiary/aromatic N) is 2. The maximum atomic E-state index is 13.3. The highest BCUT2D eigenvalue weighted by atomic mass is 32.2. The molecule has 168 valence electrons. The lowest BCUT2D eigenvalue weighted by atomic mass is 10.0. The van der Waals surface area contributed by atoms with Gasteiger partial charge in [0.2, 0.25) is 0 Å². The van der Waals surface area contributed by atoms with E-state index in [1.165, 1.54) is 4.90 Å². The van der Waals surface area contributed by atoms with Gasteiger partial charge in [0.25, 0.3) is 11.1 Å². The standard InChI is InChI=1S/C30H20N2O2S/c33-29-28(18-25-23-10-4-6-12-26(23)31-27-13-7-5-11-24(25)27)35-30(34)32(29)19-20-14-16-22(17-15-20)21-8-2-1-3-9-21/h1-18H,19H2. The molecule has 0 N–H and O–H groups in total. The van der Waals surface area contributed by atoms with Gasteiger partial charge in [0.05, 0.1) is 22.5 Å². The van der Waals surface area contributed by atoms with Crippen LogP contribution < -0.4 is 0 Å². The Bertz CT molecular complexity index is 1570. The van der Waals surface area contributed by atoms with Crippen LogP contribution in [-0.4, -0.2) is 21.0 Å². The van der Waals surface area contributed by atoms with Gasteiger partial charge >= 0.3 is 0 Å². The van der Waals surface area contributed by atoms with Crippen LogP contribution in [0.1, 0.15) is 11.1 Å². The van der Waals surface area contributed by atoms with Gasteiger partial charge in [-0.1, -0.05) is 91.0 Å². The molecule has 1 aliphatic heterocycles. The van der Waals surface area contributed by atoms with Crippen LogP contribution in [0.4, 0.5) is 4.79 Å². The van der Waals surface area contributed by atoms with E-state index in [9.17, 15) is 9.59 Å². The highest BCUT2D eigenvalue weighted by Crippen LogP contribution is 2.36. The van der Waals surface area contributed by atoms with E-state index in [4.69, 9.17) is 4.98 Å². The number of hydrogen-bond acceptors (Lipinski definition) is 4. The third-order valence-electron chi connectivity index (χ3n) is 6.18. The minimum Gasteiger partial charge on any atom is -0.268 e. The van der Waals surface area contributed by atoms with Crippen molar-refractivity contribution in [3.05, 3.63) is 119 Å². The summed E-state index contributed by atoms with van der Waals surface area (Å²) in [7, 11) is 0. The number of fused-ring (bicyclic) bond motifs is 2. The van der Waals surface area contributed by atoms with Gasteiger partial charge in [0, 0.05) is 10.8 Å². The van der Waals surface area contributed by atoms with Gasteiger partial charge in [-0.2, -0.15) is 0 Å². The Morgan fingerprint density at radius 2 is 1.26 bits per heavy atom. The fourth-order valence-electron chi connectivity index (χ4n) is 4.41. The predicted octanol–water partition coefficient (Wildman–Crippen LogP) is 7.29. The SMILES string of the molecule is O=C1SC(=Cc2c3ccccc3nc3ccccc23)C(=O)N1Cc1ccc(-c2ccccc2)cc1. The smallest absolute Gasteiger partial charge is 0.268 e. The predicted molar refractivity (Wildman–Crippen MR) is 143 cm³/mol. The minimum absolute atomic E-state index is 0.245. The van der Waals surface area contributed by atoms with Gasteiger partial charge in [-0.05, 0) is 52.2 Å². The van der Waals surface area contributed by atoms with Gasteiger partial charge in [-0.15, -0.1) is 0 Å². The van der Waals surface area contributed by atoms with E-state index >= 15 is 0 Å². The van der Waals surface area contributed by atoms with Crippen LogP contribution in [0.5, 0.6) is 0 Å². The fraction of sp³-hybridized carbons (Fsp3) is 0.0333. The molecule has 0 spiro atoms. The first-order chi connectivity index (χ1) is 17.2. The summed E-state index contributed by atoms with van der Waals surface area (Å²) in [6, 6.07) is 33.8. The molecule has 2 heterocycles. The molecule has 0 aliphatic carbocycles. The second-order valence-electron chi connectivity index (χ2n) is 8.39.